The molecule has 0 atom stereocenters. The highest BCUT2D eigenvalue weighted by atomic mass is 32.2. The lowest BCUT2D eigenvalue weighted by Crippen LogP contribution is -2.21. The molecule has 0 saturated carbocycles. The van der Waals surface area contributed by atoms with Crippen molar-refractivity contribution in [3.63, 3.8) is 0 Å². The molecule has 3 nitrogen and oxygen atoms in total. The van der Waals surface area contributed by atoms with Gasteiger partial charge in [-0.2, -0.15) is 32.8 Å². The Balaban J connectivity index is 1.80. The first kappa shape index (κ1) is 13.7. The van der Waals surface area contributed by atoms with Crippen LogP contribution in [0.3, 0.4) is 0 Å². The number of carbonyl (C=O) groups excluding carboxylic acids is 1. The molecule has 1 fully saturated rings. The second kappa shape index (κ2) is 6.01. The first-order chi connectivity index (χ1) is 9.74. The zero-order chi connectivity index (χ0) is 13.9. The predicted octanol–water partition coefficient (Wildman–Crippen LogP) is 4.04. The predicted molar refractivity (Wildman–Crippen MR) is 91.2 cm³/mol. The highest BCUT2D eigenvalue weighted by Gasteiger charge is 2.31. The summed E-state index contributed by atoms with van der Waals surface area (Å²) in [5.41, 5.74) is 1.98. The number of thiophene rings is 2. The summed E-state index contributed by atoms with van der Waals surface area (Å²) < 4.78 is 0.461. The van der Waals surface area contributed by atoms with Crippen LogP contribution in [0.15, 0.2) is 43.7 Å². The third-order valence-electron chi connectivity index (χ3n) is 2.48. The van der Waals surface area contributed by atoms with Crippen molar-refractivity contribution in [2.24, 2.45) is 5.10 Å². The Kier molecular flexibility index (Phi) is 4.11. The van der Waals surface area contributed by atoms with Gasteiger partial charge in [0.25, 0.3) is 5.91 Å². The maximum Gasteiger partial charge on any atom is 0.286 e. The molecule has 0 aliphatic carbocycles. The average molecular weight is 336 g/mol. The van der Waals surface area contributed by atoms with Crippen LogP contribution in [-0.4, -0.2) is 21.5 Å². The standard InChI is InChI=1S/C13H8N2OS4/c16-12-11(5-9-1-3-18-7-9)20-13(17)15(12)14-6-10-2-4-19-8-10/h1-8H/b11-5-,14-6?. The number of carbonyl (C=O) groups is 1. The average Bonchev–Trinajstić information content (AvgIpc) is 3.13. The minimum Gasteiger partial charge on any atom is -0.266 e. The van der Waals surface area contributed by atoms with E-state index in [9.17, 15) is 4.79 Å². The van der Waals surface area contributed by atoms with Gasteiger partial charge in [-0.3, -0.25) is 4.79 Å². The third-order valence-corrected chi connectivity index (χ3v) is 5.17. The van der Waals surface area contributed by atoms with Gasteiger partial charge in [0, 0.05) is 5.56 Å². The van der Waals surface area contributed by atoms with Gasteiger partial charge in [-0.15, -0.1) is 0 Å². The minimum atomic E-state index is -0.169. The Morgan fingerprint density at radius 2 is 1.85 bits per heavy atom. The van der Waals surface area contributed by atoms with Gasteiger partial charge < -0.3 is 0 Å². The van der Waals surface area contributed by atoms with Crippen LogP contribution in [0.4, 0.5) is 0 Å². The van der Waals surface area contributed by atoms with E-state index in [0.717, 1.165) is 11.1 Å². The van der Waals surface area contributed by atoms with Crippen LogP contribution in [0.2, 0.25) is 0 Å². The summed E-state index contributed by atoms with van der Waals surface area (Å²) in [7, 11) is 0. The van der Waals surface area contributed by atoms with Crippen molar-refractivity contribution >= 4 is 69.2 Å². The Morgan fingerprint density at radius 1 is 1.15 bits per heavy atom. The van der Waals surface area contributed by atoms with Crippen molar-refractivity contribution in [3.8, 4) is 0 Å². The number of hydrazone groups is 1. The molecule has 100 valence electrons. The van der Waals surface area contributed by atoms with Gasteiger partial charge in [-0.1, -0.05) is 11.8 Å². The molecule has 0 N–H and O–H groups in total. The quantitative estimate of drug-likeness (QED) is 0.482. The van der Waals surface area contributed by atoms with E-state index in [0.29, 0.717) is 9.23 Å². The van der Waals surface area contributed by atoms with Crippen LogP contribution in [0.25, 0.3) is 6.08 Å². The fraction of sp³-hybridized carbons (Fsp3) is 0. The van der Waals surface area contributed by atoms with E-state index in [4.69, 9.17) is 12.2 Å². The van der Waals surface area contributed by atoms with Crippen molar-refractivity contribution < 1.29 is 4.79 Å². The fourth-order valence-electron chi connectivity index (χ4n) is 1.54. The molecule has 2 aromatic rings. The number of thioether (sulfide) groups is 1. The number of rotatable bonds is 3. The molecule has 1 aliphatic heterocycles. The highest BCUT2D eigenvalue weighted by molar-refractivity contribution is 8.26. The minimum absolute atomic E-state index is 0.169. The first-order valence-corrected chi connectivity index (χ1v) is 8.71. The van der Waals surface area contributed by atoms with Crippen LogP contribution in [0, 0.1) is 0 Å². The summed E-state index contributed by atoms with van der Waals surface area (Å²) in [4.78, 5) is 12.9. The normalized spacial score (nSPS) is 17.8. The molecule has 1 amide bonds. The summed E-state index contributed by atoms with van der Waals surface area (Å²) in [5.74, 6) is -0.169. The molecule has 20 heavy (non-hydrogen) atoms. The van der Waals surface area contributed by atoms with E-state index in [1.54, 1.807) is 28.9 Å². The van der Waals surface area contributed by atoms with Gasteiger partial charge >= 0.3 is 0 Å². The van der Waals surface area contributed by atoms with E-state index < -0.39 is 0 Å². The van der Waals surface area contributed by atoms with Gasteiger partial charge in [-0.25, -0.2) is 0 Å². The largest absolute Gasteiger partial charge is 0.286 e. The summed E-state index contributed by atoms with van der Waals surface area (Å²) in [5, 5.41) is 13.3. The topological polar surface area (TPSA) is 32.7 Å². The fourth-order valence-corrected chi connectivity index (χ4v) is 3.94. The van der Waals surface area contributed by atoms with Crippen molar-refractivity contribution in [3.05, 3.63) is 49.7 Å². The van der Waals surface area contributed by atoms with E-state index in [1.807, 2.05) is 39.7 Å². The molecule has 3 heterocycles. The molecule has 7 heteroatoms. The molecular weight excluding hydrogens is 328 g/mol. The second-order valence-corrected chi connectivity index (χ2v) is 7.09. The molecule has 0 radical (unpaired) electrons. The van der Waals surface area contributed by atoms with E-state index in [2.05, 4.69) is 5.10 Å². The lowest BCUT2D eigenvalue weighted by Gasteiger charge is -2.05. The van der Waals surface area contributed by atoms with E-state index in [-0.39, 0.29) is 5.91 Å². The molecule has 0 bridgehead atoms. The monoisotopic (exact) mass is 336 g/mol. The SMILES string of the molecule is O=C1/C(=C/c2ccsc2)SC(=S)N1N=Cc1ccsc1. The molecule has 2 aromatic heterocycles. The summed E-state index contributed by atoms with van der Waals surface area (Å²) in [6.07, 6.45) is 3.49. The van der Waals surface area contributed by atoms with Crippen molar-refractivity contribution in [2.75, 3.05) is 0 Å². The molecule has 0 aromatic carbocycles. The first-order valence-electron chi connectivity index (χ1n) is 5.60. The maximum absolute atomic E-state index is 12.2. The van der Waals surface area contributed by atoms with Crippen molar-refractivity contribution in [2.45, 2.75) is 0 Å². The van der Waals surface area contributed by atoms with Crippen LogP contribution in [0.1, 0.15) is 11.1 Å². The van der Waals surface area contributed by atoms with Crippen molar-refractivity contribution in [1.82, 2.24) is 5.01 Å². The van der Waals surface area contributed by atoms with Gasteiger partial charge in [0.1, 0.15) is 0 Å². The highest BCUT2D eigenvalue weighted by Crippen LogP contribution is 2.33. The summed E-state index contributed by atoms with van der Waals surface area (Å²) in [6, 6.07) is 3.90. The van der Waals surface area contributed by atoms with E-state index >= 15 is 0 Å². The van der Waals surface area contributed by atoms with Crippen LogP contribution in [-0.2, 0) is 4.79 Å². The molecule has 1 aliphatic rings. The van der Waals surface area contributed by atoms with Gasteiger partial charge in [0.2, 0.25) is 0 Å². The zero-order valence-electron chi connectivity index (χ0n) is 10.1. The van der Waals surface area contributed by atoms with E-state index in [1.165, 1.54) is 16.8 Å². The van der Waals surface area contributed by atoms with Gasteiger partial charge in [-0.05, 0) is 57.5 Å². The zero-order valence-corrected chi connectivity index (χ0v) is 13.3. The number of thiocarbonyl (C=S) groups is 1. The maximum atomic E-state index is 12.2. The summed E-state index contributed by atoms with van der Waals surface area (Å²) >= 11 is 9.66. The number of amides is 1. The van der Waals surface area contributed by atoms with Crippen molar-refractivity contribution in [1.29, 1.82) is 0 Å². The van der Waals surface area contributed by atoms with Crippen LogP contribution < -0.4 is 0 Å². The number of hydrogen-bond acceptors (Lipinski definition) is 6. The lowest BCUT2D eigenvalue weighted by atomic mass is 10.3. The Labute approximate surface area is 133 Å². The number of nitrogens with zero attached hydrogens (tertiary/aromatic N) is 2. The molecule has 0 unspecified atom stereocenters. The van der Waals surface area contributed by atoms with Gasteiger partial charge in [0.05, 0.1) is 11.1 Å². The molecular formula is C13H8N2OS4. The van der Waals surface area contributed by atoms with Crippen LogP contribution >= 0.6 is 46.7 Å². The smallest absolute Gasteiger partial charge is 0.266 e. The Morgan fingerprint density at radius 3 is 2.50 bits per heavy atom. The number of hydrogen-bond donors (Lipinski definition) is 0. The second-order valence-electron chi connectivity index (χ2n) is 3.85. The lowest BCUT2D eigenvalue weighted by molar-refractivity contribution is -0.122. The summed E-state index contributed by atoms with van der Waals surface area (Å²) in [6.45, 7) is 0. The Hall–Kier alpha value is -1.28. The van der Waals surface area contributed by atoms with Crippen LogP contribution in [0.5, 0.6) is 0 Å². The van der Waals surface area contributed by atoms with Gasteiger partial charge in [0.15, 0.2) is 4.32 Å². The Bertz CT molecular complexity index is 686. The molecule has 0 spiro atoms. The molecule has 3 rings (SSSR count). The molecule has 1 saturated heterocycles. The third kappa shape index (κ3) is 2.90.